The van der Waals surface area contributed by atoms with Crippen LogP contribution in [-0.4, -0.2) is 63.7 Å². The lowest BCUT2D eigenvalue weighted by Crippen LogP contribution is -2.35. The predicted octanol–water partition coefficient (Wildman–Crippen LogP) is 7.45. The van der Waals surface area contributed by atoms with Gasteiger partial charge < -0.3 is 15.1 Å². The molecule has 4 rings (SSSR count). The number of aliphatic hydroxyl groups excluding tert-OH is 2. The Hall–Kier alpha value is -3.74. The molecule has 0 saturated heterocycles. The van der Waals surface area contributed by atoms with Crippen LogP contribution in [0.5, 0.6) is 0 Å². The molecule has 0 amide bonds. The maximum Gasteiger partial charge on any atom is 0.433 e. The number of alkyl halides is 12. The summed E-state index contributed by atoms with van der Waals surface area (Å²) in [5.74, 6) is 0. The number of rotatable bonds is 8. The Bertz CT molecular complexity index is 1750. The van der Waals surface area contributed by atoms with Crippen LogP contribution >= 0.6 is 0 Å². The van der Waals surface area contributed by atoms with Gasteiger partial charge in [0.2, 0.25) is 0 Å². The van der Waals surface area contributed by atoms with E-state index in [2.05, 4.69) is 9.97 Å². The highest BCUT2D eigenvalue weighted by atomic mass is 19.4. The fourth-order valence-electron chi connectivity index (χ4n) is 4.90. The Labute approximate surface area is 257 Å². The number of pyridine rings is 2. The maximum atomic E-state index is 13.6. The maximum absolute atomic E-state index is 13.6. The highest BCUT2D eigenvalue weighted by Gasteiger charge is 2.39. The summed E-state index contributed by atoms with van der Waals surface area (Å²) in [6.45, 7) is -0.679. The predicted molar refractivity (Wildman–Crippen MR) is 144 cm³/mol. The first-order chi connectivity index (χ1) is 21.5. The fraction of sp³-hybridized carbons (Fsp3) is 0.379. The van der Waals surface area contributed by atoms with Crippen molar-refractivity contribution in [2.75, 3.05) is 33.7 Å². The van der Waals surface area contributed by atoms with Gasteiger partial charge in [-0.3, -0.25) is 4.90 Å². The minimum Gasteiger partial charge on any atom is -0.387 e. The average molecular weight is 689 g/mol. The smallest absolute Gasteiger partial charge is 0.387 e. The molecule has 0 aliphatic heterocycles. The highest BCUT2D eigenvalue weighted by Crippen LogP contribution is 2.40. The number of hydrogen-bond acceptors (Lipinski definition) is 6. The van der Waals surface area contributed by atoms with E-state index >= 15 is 0 Å². The van der Waals surface area contributed by atoms with Gasteiger partial charge in [-0.25, -0.2) is 9.97 Å². The quantitative estimate of drug-likeness (QED) is 0.148. The molecular formula is C29H24F12N4O2. The van der Waals surface area contributed by atoms with Gasteiger partial charge in [-0.2, -0.15) is 52.7 Å². The SMILES string of the molecule is CN(CCN(C)C(O)c1cc(C(F)(F)F)nc2c(C(F)(F)F)cccc12)CC(O)c1cc(C(F)(F)F)cc2nc(C(F)(F)F)ccc12. The van der Waals surface area contributed by atoms with Gasteiger partial charge in [-0.15, -0.1) is 0 Å². The molecule has 47 heavy (non-hydrogen) atoms. The molecule has 256 valence electrons. The largest absolute Gasteiger partial charge is 0.433 e. The third kappa shape index (κ3) is 8.05. The van der Waals surface area contributed by atoms with Gasteiger partial charge in [-0.1, -0.05) is 18.2 Å². The lowest BCUT2D eigenvalue weighted by Gasteiger charge is -2.29. The Kier molecular flexibility index (Phi) is 9.76. The minimum absolute atomic E-state index is 0.0963. The van der Waals surface area contributed by atoms with E-state index in [1.165, 1.54) is 19.0 Å². The van der Waals surface area contributed by atoms with Gasteiger partial charge in [-0.05, 0) is 50.0 Å². The van der Waals surface area contributed by atoms with Crippen LogP contribution in [0, 0.1) is 0 Å². The van der Waals surface area contributed by atoms with Crippen molar-refractivity contribution in [1.82, 2.24) is 19.8 Å². The zero-order chi connectivity index (χ0) is 35.3. The van der Waals surface area contributed by atoms with E-state index in [0.29, 0.717) is 30.3 Å². The highest BCUT2D eigenvalue weighted by molar-refractivity contribution is 5.86. The normalized spacial score (nSPS) is 14.9. The minimum atomic E-state index is -5.16. The number of benzene rings is 2. The number of para-hydroxylation sites is 1. The Morgan fingerprint density at radius 3 is 1.87 bits per heavy atom. The van der Waals surface area contributed by atoms with Crippen molar-refractivity contribution in [2.24, 2.45) is 0 Å². The van der Waals surface area contributed by atoms with Crippen LogP contribution in [0.4, 0.5) is 52.7 Å². The van der Waals surface area contributed by atoms with E-state index in [9.17, 15) is 62.9 Å². The van der Waals surface area contributed by atoms with Crippen molar-refractivity contribution in [2.45, 2.75) is 37.0 Å². The number of aromatic nitrogens is 2. The van der Waals surface area contributed by atoms with Gasteiger partial charge in [0.15, 0.2) is 0 Å². The summed E-state index contributed by atoms with van der Waals surface area (Å²) in [6.07, 6.45) is -23.7. The van der Waals surface area contributed by atoms with Crippen LogP contribution in [0.1, 0.15) is 46.0 Å². The van der Waals surface area contributed by atoms with Crippen LogP contribution in [0.3, 0.4) is 0 Å². The number of likely N-dealkylation sites (N-methyl/N-ethyl adjacent to an activating group) is 2. The van der Waals surface area contributed by atoms with Gasteiger partial charge in [0.1, 0.15) is 17.6 Å². The topological polar surface area (TPSA) is 72.7 Å². The van der Waals surface area contributed by atoms with E-state index < -0.39 is 88.1 Å². The molecule has 0 aliphatic rings. The van der Waals surface area contributed by atoms with Crippen LogP contribution in [-0.2, 0) is 24.7 Å². The first-order valence-corrected chi connectivity index (χ1v) is 13.4. The van der Waals surface area contributed by atoms with Crippen LogP contribution in [0.25, 0.3) is 21.8 Å². The van der Waals surface area contributed by atoms with Crippen LogP contribution in [0.2, 0.25) is 0 Å². The lowest BCUT2D eigenvalue weighted by atomic mass is 9.98. The summed E-state index contributed by atoms with van der Waals surface area (Å²) in [4.78, 5) is 8.90. The molecule has 2 N–H and O–H groups in total. The molecule has 0 fully saturated rings. The molecule has 2 aromatic carbocycles. The van der Waals surface area contributed by atoms with Crippen molar-refractivity contribution >= 4 is 21.8 Å². The molecular weight excluding hydrogens is 664 g/mol. The summed E-state index contributed by atoms with van der Waals surface area (Å²) >= 11 is 0. The average Bonchev–Trinajstić information content (AvgIpc) is 2.95. The van der Waals surface area contributed by atoms with E-state index in [4.69, 9.17) is 0 Å². The van der Waals surface area contributed by atoms with Crippen molar-refractivity contribution < 1.29 is 62.9 Å². The molecule has 2 unspecified atom stereocenters. The monoisotopic (exact) mass is 688 g/mol. The molecule has 0 spiro atoms. The van der Waals surface area contributed by atoms with Crippen LogP contribution < -0.4 is 0 Å². The van der Waals surface area contributed by atoms with E-state index in [-0.39, 0.29) is 24.0 Å². The van der Waals surface area contributed by atoms with Crippen molar-refractivity contribution in [3.05, 3.63) is 82.2 Å². The van der Waals surface area contributed by atoms with E-state index in [1.54, 1.807) is 0 Å². The first-order valence-electron chi connectivity index (χ1n) is 13.4. The molecule has 6 nitrogen and oxygen atoms in total. The van der Waals surface area contributed by atoms with E-state index in [0.717, 1.165) is 23.1 Å². The summed E-state index contributed by atoms with van der Waals surface area (Å²) in [5, 5.41) is 21.2. The van der Waals surface area contributed by atoms with Crippen molar-refractivity contribution in [3.8, 4) is 0 Å². The molecule has 0 bridgehead atoms. The number of halogens is 12. The third-order valence-electron chi connectivity index (χ3n) is 7.30. The molecule has 2 heterocycles. The Morgan fingerprint density at radius 2 is 1.30 bits per heavy atom. The Morgan fingerprint density at radius 1 is 0.660 bits per heavy atom. The van der Waals surface area contributed by atoms with Crippen molar-refractivity contribution in [1.29, 1.82) is 0 Å². The Balaban J connectivity index is 1.57. The summed E-state index contributed by atoms with van der Waals surface area (Å²) in [7, 11) is 2.63. The molecule has 2 aromatic heterocycles. The fourth-order valence-corrected chi connectivity index (χ4v) is 4.90. The second kappa shape index (κ2) is 12.7. The molecule has 18 heteroatoms. The second-order valence-corrected chi connectivity index (χ2v) is 10.8. The van der Waals surface area contributed by atoms with Gasteiger partial charge in [0.25, 0.3) is 0 Å². The van der Waals surface area contributed by atoms with Gasteiger partial charge in [0, 0.05) is 36.0 Å². The third-order valence-corrected chi connectivity index (χ3v) is 7.30. The summed E-state index contributed by atoms with van der Waals surface area (Å²) in [6, 6.07) is 5.42. The molecule has 2 atom stereocenters. The lowest BCUT2D eigenvalue weighted by molar-refractivity contribution is -0.142. The van der Waals surface area contributed by atoms with Crippen molar-refractivity contribution in [3.63, 3.8) is 0 Å². The summed E-state index contributed by atoms with van der Waals surface area (Å²) < 4.78 is 162. The molecule has 4 aromatic rings. The zero-order valence-corrected chi connectivity index (χ0v) is 24.1. The molecule has 0 saturated carbocycles. The standard InChI is InChI=1S/C29H24F12N4O2/c1-44(13-21(46)17-10-14(26(30,31)32)11-20-15(17)6-7-22(42-20)28(36,37)38)8-9-45(2)25(47)18-12-23(29(39,40)41)43-24-16(18)4-3-5-19(24)27(33,34)35/h3-7,10-12,21,25,46-47H,8-9,13H2,1-2H3. The zero-order valence-electron chi connectivity index (χ0n) is 24.1. The molecule has 0 aliphatic carbocycles. The number of nitrogens with zero attached hydrogens (tertiary/aromatic N) is 4. The van der Waals surface area contributed by atoms with Crippen LogP contribution in [0.15, 0.2) is 48.5 Å². The number of hydrogen-bond donors (Lipinski definition) is 2. The van der Waals surface area contributed by atoms with E-state index in [1.807, 2.05) is 0 Å². The summed E-state index contributed by atoms with van der Waals surface area (Å²) in [5.41, 5.74) is -8.50. The molecule has 0 radical (unpaired) electrons. The van der Waals surface area contributed by atoms with Gasteiger partial charge >= 0.3 is 24.7 Å². The second-order valence-electron chi connectivity index (χ2n) is 10.8. The van der Waals surface area contributed by atoms with Gasteiger partial charge in [0.05, 0.1) is 28.3 Å². The number of aliphatic hydroxyl groups is 2. The first kappa shape index (κ1) is 36.1. The number of fused-ring (bicyclic) bond motifs is 2.